The van der Waals surface area contributed by atoms with Gasteiger partial charge in [-0.1, -0.05) is 6.07 Å². The number of aryl methyl sites for hydroxylation is 1. The first-order valence-electron chi connectivity index (χ1n) is 7.36. The van der Waals surface area contributed by atoms with Gasteiger partial charge in [-0.15, -0.1) is 0 Å². The first-order chi connectivity index (χ1) is 10.9. The molecule has 2 aromatic rings. The summed E-state index contributed by atoms with van der Waals surface area (Å²) in [6, 6.07) is 8.36. The topological polar surface area (TPSA) is 88.6 Å². The molecule has 6 heteroatoms. The van der Waals surface area contributed by atoms with E-state index in [2.05, 4.69) is 5.32 Å². The molecule has 0 saturated heterocycles. The highest BCUT2D eigenvalue weighted by molar-refractivity contribution is 6.03. The highest BCUT2D eigenvalue weighted by atomic mass is 16.3. The van der Waals surface area contributed by atoms with Gasteiger partial charge < -0.3 is 20.4 Å². The van der Waals surface area contributed by atoms with Crippen molar-refractivity contribution in [2.24, 2.45) is 5.73 Å². The molecular formula is C17H21N3O3. The highest BCUT2D eigenvalue weighted by Crippen LogP contribution is 2.19. The molecule has 1 unspecified atom stereocenters. The zero-order valence-electron chi connectivity index (χ0n) is 13.5. The van der Waals surface area contributed by atoms with Crippen LogP contribution in [0.25, 0.3) is 0 Å². The monoisotopic (exact) mass is 315 g/mol. The molecule has 0 spiro atoms. The Bertz CT molecular complexity index is 695. The Hall–Kier alpha value is -2.60. The van der Waals surface area contributed by atoms with Gasteiger partial charge in [0.2, 0.25) is 0 Å². The molecule has 0 fully saturated rings. The second kappa shape index (κ2) is 7.11. The third-order valence-electron chi connectivity index (χ3n) is 3.80. The number of anilines is 1. The number of likely N-dealkylation sites (N-methyl/N-ethyl adjacent to an activating group) is 1. The minimum atomic E-state index is -0.355. The molecule has 0 aliphatic rings. The molecule has 0 aliphatic carbocycles. The van der Waals surface area contributed by atoms with E-state index in [0.717, 1.165) is 5.56 Å². The molecule has 1 heterocycles. The predicted molar refractivity (Wildman–Crippen MR) is 88.5 cm³/mol. The van der Waals surface area contributed by atoms with Crippen LogP contribution in [0.3, 0.4) is 0 Å². The van der Waals surface area contributed by atoms with Gasteiger partial charge in [0.25, 0.3) is 11.8 Å². The van der Waals surface area contributed by atoms with Crippen molar-refractivity contribution in [3.63, 3.8) is 0 Å². The first kappa shape index (κ1) is 16.8. The average Bonchev–Trinajstić information content (AvgIpc) is 3.09. The molecule has 2 amide bonds. The summed E-state index contributed by atoms with van der Waals surface area (Å²) < 4.78 is 5.07. The fourth-order valence-corrected chi connectivity index (χ4v) is 2.04. The standard InChI is InChI=1S/C17H21N3O3/c1-11-6-7-13(17(22)20(3)12(2)10-18)9-14(11)19-16(21)15-5-4-8-23-15/h4-9,12H,10,18H2,1-3H3,(H,19,21). The lowest BCUT2D eigenvalue weighted by molar-refractivity contribution is 0.0748. The number of nitrogens with zero attached hydrogens (tertiary/aromatic N) is 1. The van der Waals surface area contributed by atoms with Crippen molar-refractivity contribution in [3.05, 3.63) is 53.5 Å². The number of hydrogen-bond acceptors (Lipinski definition) is 4. The molecule has 2 rings (SSSR count). The minimum Gasteiger partial charge on any atom is -0.459 e. The van der Waals surface area contributed by atoms with E-state index in [0.29, 0.717) is 17.8 Å². The molecule has 0 radical (unpaired) electrons. The van der Waals surface area contributed by atoms with Crippen LogP contribution in [-0.4, -0.2) is 36.3 Å². The average molecular weight is 315 g/mol. The fraction of sp³-hybridized carbons (Fsp3) is 0.294. The summed E-state index contributed by atoms with van der Waals surface area (Å²) in [5.41, 5.74) is 7.53. The van der Waals surface area contributed by atoms with Gasteiger partial charge in [0.1, 0.15) is 0 Å². The van der Waals surface area contributed by atoms with Gasteiger partial charge in [-0.3, -0.25) is 9.59 Å². The molecule has 1 aromatic carbocycles. The third kappa shape index (κ3) is 3.78. The van der Waals surface area contributed by atoms with Crippen molar-refractivity contribution in [1.29, 1.82) is 0 Å². The van der Waals surface area contributed by atoms with Gasteiger partial charge in [-0.2, -0.15) is 0 Å². The minimum absolute atomic E-state index is 0.0648. The van der Waals surface area contributed by atoms with E-state index in [-0.39, 0.29) is 23.6 Å². The Kier molecular flexibility index (Phi) is 5.18. The summed E-state index contributed by atoms with van der Waals surface area (Å²) in [6.07, 6.45) is 1.44. The number of furan rings is 1. The van der Waals surface area contributed by atoms with Crippen molar-refractivity contribution in [1.82, 2.24) is 4.90 Å². The van der Waals surface area contributed by atoms with Crippen molar-refractivity contribution in [3.8, 4) is 0 Å². The van der Waals surface area contributed by atoms with Crippen molar-refractivity contribution >= 4 is 17.5 Å². The molecule has 3 N–H and O–H groups in total. The van der Waals surface area contributed by atoms with Crippen LogP contribution >= 0.6 is 0 Å². The van der Waals surface area contributed by atoms with Crippen LogP contribution in [-0.2, 0) is 0 Å². The fourth-order valence-electron chi connectivity index (χ4n) is 2.04. The summed E-state index contributed by atoms with van der Waals surface area (Å²) in [7, 11) is 1.71. The lowest BCUT2D eigenvalue weighted by Gasteiger charge is -2.24. The summed E-state index contributed by atoms with van der Waals surface area (Å²) in [5, 5.41) is 2.76. The number of benzene rings is 1. The van der Waals surface area contributed by atoms with Crippen LogP contribution < -0.4 is 11.1 Å². The van der Waals surface area contributed by atoms with E-state index in [1.54, 1.807) is 42.3 Å². The first-order valence-corrected chi connectivity index (χ1v) is 7.36. The summed E-state index contributed by atoms with van der Waals surface area (Å²) in [5.74, 6) is -0.280. The Balaban J connectivity index is 2.22. The van der Waals surface area contributed by atoms with Crippen LogP contribution in [0, 0.1) is 6.92 Å². The number of amides is 2. The predicted octanol–water partition coefficient (Wildman–Crippen LogP) is 2.26. The Morgan fingerprint density at radius 2 is 2.09 bits per heavy atom. The number of hydrogen-bond donors (Lipinski definition) is 2. The van der Waals surface area contributed by atoms with Crippen LogP contribution in [0.4, 0.5) is 5.69 Å². The molecule has 6 nitrogen and oxygen atoms in total. The molecule has 23 heavy (non-hydrogen) atoms. The highest BCUT2D eigenvalue weighted by Gasteiger charge is 2.18. The van der Waals surface area contributed by atoms with Crippen molar-refractivity contribution in [2.45, 2.75) is 19.9 Å². The van der Waals surface area contributed by atoms with Gasteiger partial charge in [0.05, 0.1) is 6.26 Å². The smallest absolute Gasteiger partial charge is 0.291 e. The van der Waals surface area contributed by atoms with E-state index in [1.165, 1.54) is 6.26 Å². The quantitative estimate of drug-likeness (QED) is 0.886. The summed E-state index contributed by atoms with van der Waals surface area (Å²) in [4.78, 5) is 26.1. The van der Waals surface area contributed by atoms with E-state index in [1.807, 2.05) is 13.8 Å². The van der Waals surface area contributed by atoms with Gasteiger partial charge >= 0.3 is 0 Å². The Morgan fingerprint density at radius 1 is 1.35 bits per heavy atom. The van der Waals surface area contributed by atoms with E-state index in [9.17, 15) is 9.59 Å². The van der Waals surface area contributed by atoms with E-state index < -0.39 is 0 Å². The number of rotatable bonds is 5. The van der Waals surface area contributed by atoms with Crippen LogP contribution in [0.2, 0.25) is 0 Å². The molecule has 122 valence electrons. The SMILES string of the molecule is Cc1ccc(C(=O)N(C)C(C)CN)cc1NC(=O)c1ccco1. The van der Waals surface area contributed by atoms with Gasteiger partial charge in [-0.25, -0.2) is 0 Å². The van der Waals surface area contributed by atoms with Crippen molar-refractivity contribution in [2.75, 3.05) is 18.9 Å². The normalized spacial score (nSPS) is 11.8. The molecular weight excluding hydrogens is 294 g/mol. The second-order valence-corrected chi connectivity index (χ2v) is 5.46. The van der Waals surface area contributed by atoms with Crippen LogP contribution in [0.1, 0.15) is 33.4 Å². The summed E-state index contributed by atoms with van der Waals surface area (Å²) >= 11 is 0. The number of nitrogens with two attached hydrogens (primary N) is 1. The molecule has 0 aliphatic heterocycles. The molecule has 1 atom stereocenters. The lowest BCUT2D eigenvalue weighted by atomic mass is 10.1. The zero-order valence-corrected chi connectivity index (χ0v) is 13.5. The Morgan fingerprint density at radius 3 is 2.70 bits per heavy atom. The Labute approximate surface area is 135 Å². The number of nitrogens with one attached hydrogen (secondary N) is 1. The maximum atomic E-state index is 12.5. The number of carbonyl (C=O) groups excluding carboxylic acids is 2. The third-order valence-corrected chi connectivity index (χ3v) is 3.80. The number of carbonyl (C=O) groups is 2. The van der Waals surface area contributed by atoms with Crippen LogP contribution in [0.5, 0.6) is 0 Å². The van der Waals surface area contributed by atoms with Crippen molar-refractivity contribution < 1.29 is 14.0 Å². The van der Waals surface area contributed by atoms with E-state index in [4.69, 9.17) is 10.2 Å². The van der Waals surface area contributed by atoms with Gasteiger partial charge in [0.15, 0.2) is 5.76 Å². The summed E-state index contributed by atoms with van der Waals surface area (Å²) in [6.45, 7) is 4.13. The molecule has 0 bridgehead atoms. The van der Waals surface area contributed by atoms with E-state index >= 15 is 0 Å². The van der Waals surface area contributed by atoms with Gasteiger partial charge in [-0.05, 0) is 43.7 Å². The van der Waals surface area contributed by atoms with Crippen LogP contribution in [0.15, 0.2) is 41.0 Å². The molecule has 0 saturated carbocycles. The largest absolute Gasteiger partial charge is 0.459 e. The second-order valence-electron chi connectivity index (χ2n) is 5.46. The van der Waals surface area contributed by atoms with Gasteiger partial charge in [0, 0.05) is 30.9 Å². The maximum Gasteiger partial charge on any atom is 0.291 e. The zero-order chi connectivity index (χ0) is 17.0. The maximum absolute atomic E-state index is 12.5. The molecule has 1 aromatic heterocycles. The lowest BCUT2D eigenvalue weighted by Crippen LogP contribution is -2.39.